The van der Waals surface area contributed by atoms with Crippen molar-refractivity contribution in [3.8, 4) is 5.75 Å². The predicted octanol–water partition coefficient (Wildman–Crippen LogP) is 6.14. The summed E-state index contributed by atoms with van der Waals surface area (Å²) in [5.41, 5.74) is 1.64. The summed E-state index contributed by atoms with van der Waals surface area (Å²) < 4.78 is 6.84. The van der Waals surface area contributed by atoms with E-state index in [0.717, 1.165) is 15.6 Å². The van der Waals surface area contributed by atoms with Gasteiger partial charge in [-0.2, -0.15) is 0 Å². The number of nitrogens with zero attached hydrogens (tertiary/aromatic N) is 1. The molecule has 1 unspecified atom stereocenters. The zero-order valence-electron chi connectivity index (χ0n) is 19.3. The lowest BCUT2D eigenvalue weighted by Crippen LogP contribution is -2.51. The maximum atomic E-state index is 13.5. The van der Waals surface area contributed by atoms with Crippen LogP contribution in [-0.4, -0.2) is 35.9 Å². The normalized spacial score (nSPS) is 11.5. The van der Waals surface area contributed by atoms with Crippen molar-refractivity contribution in [3.05, 3.63) is 97.5 Å². The van der Waals surface area contributed by atoms with E-state index in [-0.39, 0.29) is 25.0 Å². The van der Waals surface area contributed by atoms with Crippen molar-refractivity contribution in [2.75, 3.05) is 13.2 Å². The smallest absolute Gasteiger partial charge is 0.261 e. The first kappa shape index (κ1) is 27.3. The first-order valence-electron chi connectivity index (χ1n) is 11.3. The van der Waals surface area contributed by atoms with E-state index in [2.05, 4.69) is 27.9 Å². The molecule has 0 aromatic heterocycles. The molecule has 5 nitrogen and oxygen atoms in total. The van der Waals surface area contributed by atoms with Gasteiger partial charge in [0.25, 0.3) is 5.91 Å². The largest absolute Gasteiger partial charge is 0.484 e. The summed E-state index contributed by atoms with van der Waals surface area (Å²) in [7, 11) is 0. The van der Waals surface area contributed by atoms with Gasteiger partial charge in [0, 0.05) is 33.1 Å². The summed E-state index contributed by atoms with van der Waals surface area (Å²) in [5.74, 6) is 0.0452. The van der Waals surface area contributed by atoms with Crippen LogP contribution in [0.15, 0.2) is 72.8 Å². The Kier molecular flexibility index (Phi) is 10.7. The van der Waals surface area contributed by atoms with Crippen molar-refractivity contribution in [1.82, 2.24) is 10.2 Å². The minimum atomic E-state index is -0.747. The van der Waals surface area contributed by atoms with Crippen molar-refractivity contribution in [3.63, 3.8) is 0 Å². The highest BCUT2D eigenvalue weighted by Crippen LogP contribution is 2.24. The molecule has 3 aromatic carbocycles. The molecule has 2 amide bonds. The molecule has 184 valence electrons. The molecular formula is C27H27Cl2IN2O3. The van der Waals surface area contributed by atoms with Gasteiger partial charge < -0.3 is 15.0 Å². The number of carbonyl (C=O) groups is 2. The van der Waals surface area contributed by atoms with Crippen LogP contribution in [-0.2, 0) is 22.6 Å². The minimum Gasteiger partial charge on any atom is -0.484 e. The third-order valence-corrected chi connectivity index (χ3v) is 6.66. The number of halogens is 3. The molecule has 0 bridgehead atoms. The summed E-state index contributed by atoms with van der Waals surface area (Å²) in [6.07, 6.45) is 1.15. The molecular weight excluding hydrogens is 598 g/mol. The van der Waals surface area contributed by atoms with Crippen LogP contribution in [0.1, 0.15) is 24.5 Å². The van der Waals surface area contributed by atoms with Gasteiger partial charge >= 0.3 is 0 Å². The second-order valence-corrected chi connectivity index (χ2v) is 10.1. The van der Waals surface area contributed by atoms with Gasteiger partial charge in [-0.3, -0.25) is 9.59 Å². The number of hydrogen-bond acceptors (Lipinski definition) is 3. The molecule has 0 saturated heterocycles. The van der Waals surface area contributed by atoms with Crippen LogP contribution in [0.2, 0.25) is 10.0 Å². The highest BCUT2D eigenvalue weighted by molar-refractivity contribution is 14.1. The van der Waals surface area contributed by atoms with Gasteiger partial charge in [-0.05, 0) is 76.5 Å². The summed E-state index contributed by atoms with van der Waals surface area (Å²) in [6.45, 7) is 2.44. The van der Waals surface area contributed by atoms with E-state index < -0.39 is 6.04 Å². The van der Waals surface area contributed by atoms with E-state index >= 15 is 0 Å². The van der Waals surface area contributed by atoms with E-state index in [1.807, 2.05) is 61.5 Å². The van der Waals surface area contributed by atoms with Crippen LogP contribution in [0, 0.1) is 3.57 Å². The monoisotopic (exact) mass is 624 g/mol. The SMILES string of the molecule is CCCNC(=O)C(Cc1ccccc1)N(Cc1ccc(Cl)cc1Cl)C(=O)COc1ccc(I)cc1. The molecule has 3 rings (SSSR count). The second-order valence-electron chi connectivity index (χ2n) is 8.00. The van der Waals surface area contributed by atoms with Crippen LogP contribution >= 0.6 is 45.8 Å². The van der Waals surface area contributed by atoms with Crippen molar-refractivity contribution < 1.29 is 14.3 Å². The lowest BCUT2D eigenvalue weighted by Gasteiger charge is -2.31. The molecule has 0 fully saturated rings. The fourth-order valence-electron chi connectivity index (χ4n) is 3.51. The number of amides is 2. The summed E-state index contributed by atoms with van der Waals surface area (Å²) in [5, 5.41) is 3.88. The van der Waals surface area contributed by atoms with E-state index in [1.54, 1.807) is 23.1 Å². The van der Waals surface area contributed by atoms with Crippen molar-refractivity contribution >= 4 is 57.6 Å². The van der Waals surface area contributed by atoms with Crippen LogP contribution in [0.5, 0.6) is 5.75 Å². The molecule has 35 heavy (non-hydrogen) atoms. The van der Waals surface area contributed by atoms with Crippen LogP contribution in [0.4, 0.5) is 0 Å². The van der Waals surface area contributed by atoms with Gasteiger partial charge in [-0.25, -0.2) is 0 Å². The molecule has 0 spiro atoms. The van der Waals surface area contributed by atoms with Gasteiger partial charge in [0.1, 0.15) is 11.8 Å². The average molecular weight is 625 g/mol. The minimum absolute atomic E-state index is 0.141. The Balaban J connectivity index is 1.91. The van der Waals surface area contributed by atoms with E-state index in [9.17, 15) is 9.59 Å². The van der Waals surface area contributed by atoms with Gasteiger partial charge in [-0.1, -0.05) is 66.5 Å². The molecule has 1 N–H and O–H groups in total. The Morgan fingerprint density at radius 2 is 1.74 bits per heavy atom. The third-order valence-electron chi connectivity index (χ3n) is 5.35. The Morgan fingerprint density at radius 1 is 1.03 bits per heavy atom. The quantitative estimate of drug-likeness (QED) is 0.261. The Hall–Kier alpha value is -2.29. The lowest BCUT2D eigenvalue weighted by molar-refractivity contribution is -0.142. The van der Waals surface area contributed by atoms with Crippen LogP contribution < -0.4 is 10.1 Å². The average Bonchev–Trinajstić information content (AvgIpc) is 2.86. The predicted molar refractivity (Wildman–Crippen MR) is 149 cm³/mol. The Bertz CT molecular complexity index is 1130. The Morgan fingerprint density at radius 3 is 2.40 bits per heavy atom. The van der Waals surface area contributed by atoms with Gasteiger partial charge in [0.15, 0.2) is 6.61 Å². The van der Waals surface area contributed by atoms with Crippen molar-refractivity contribution in [1.29, 1.82) is 0 Å². The highest BCUT2D eigenvalue weighted by atomic mass is 127. The first-order valence-corrected chi connectivity index (χ1v) is 13.1. The number of rotatable bonds is 11. The molecule has 0 aliphatic carbocycles. The zero-order chi connectivity index (χ0) is 25.2. The summed E-state index contributed by atoms with van der Waals surface area (Å²) in [4.78, 5) is 28.4. The lowest BCUT2D eigenvalue weighted by atomic mass is 10.0. The number of hydrogen-bond donors (Lipinski definition) is 1. The Labute approximate surface area is 229 Å². The number of benzene rings is 3. The molecule has 0 heterocycles. The van der Waals surface area contributed by atoms with E-state index in [4.69, 9.17) is 27.9 Å². The highest BCUT2D eigenvalue weighted by Gasteiger charge is 2.31. The fraction of sp³-hybridized carbons (Fsp3) is 0.259. The molecule has 0 radical (unpaired) electrons. The second kappa shape index (κ2) is 13.7. The maximum Gasteiger partial charge on any atom is 0.261 e. The van der Waals surface area contributed by atoms with E-state index in [1.165, 1.54) is 0 Å². The van der Waals surface area contributed by atoms with Gasteiger partial charge in [0.2, 0.25) is 5.91 Å². The maximum absolute atomic E-state index is 13.5. The molecule has 1 atom stereocenters. The van der Waals surface area contributed by atoms with E-state index in [0.29, 0.717) is 34.3 Å². The van der Waals surface area contributed by atoms with Crippen LogP contribution in [0.3, 0.4) is 0 Å². The molecule has 3 aromatic rings. The first-order chi connectivity index (χ1) is 16.9. The van der Waals surface area contributed by atoms with Crippen LogP contribution in [0.25, 0.3) is 0 Å². The third kappa shape index (κ3) is 8.40. The van der Waals surface area contributed by atoms with Crippen molar-refractivity contribution in [2.45, 2.75) is 32.4 Å². The number of nitrogens with one attached hydrogen (secondary N) is 1. The molecule has 0 aliphatic heterocycles. The van der Waals surface area contributed by atoms with Crippen molar-refractivity contribution in [2.24, 2.45) is 0 Å². The number of ether oxygens (including phenoxy) is 1. The fourth-order valence-corrected chi connectivity index (χ4v) is 4.34. The summed E-state index contributed by atoms with van der Waals surface area (Å²) in [6, 6.07) is 21.4. The summed E-state index contributed by atoms with van der Waals surface area (Å²) >= 11 is 14.7. The zero-order valence-corrected chi connectivity index (χ0v) is 23.0. The standard InChI is InChI=1S/C27H27Cl2IN2O3/c1-2-14-31-27(34)25(15-19-6-4-3-5-7-19)32(17-20-8-9-21(28)16-24(20)29)26(33)18-35-23-12-10-22(30)11-13-23/h3-13,16,25H,2,14-15,17-18H2,1H3,(H,31,34). The van der Waals surface area contributed by atoms with Gasteiger partial charge in [0.05, 0.1) is 0 Å². The number of carbonyl (C=O) groups excluding carboxylic acids is 2. The topological polar surface area (TPSA) is 58.6 Å². The molecule has 0 saturated carbocycles. The molecule has 8 heteroatoms. The molecule has 0 aliphatic rings. The van der Waals surface area contributed by atoms with Gasteiger partial charge in [-0.15, -0.1) is 0 Å².